The number of hydrogen-bond acceptors (Lipinski definition) is 7. The molecular formula is C26H25N5O3. The summed E-state index contributed by atoms with van der Waals surface area (Å²) >= 11 is 0. The van der Waals surface area contributed by atoms with Crippen molar-refractivity contribution in [3.63, 3.8) is 0 Å². The Bertz CT molecular complexity index is 1230. The van der Waals surface area contributed by atoms with Gasteiger partial charge in [0.1, 0.15) is 5.69 Å². The van der Waals surface area contributed by atoms with Crippen molar-refractivity contribution in [2.24, 2.45) is 0 Å². The third-order valence-electron chi connectivity index (χ3n) is 6.20. The van der Waals surface area contributed by atoms with Gasteiger partial charge in [0.2, 0.25) is 0 Å². The molecule has 4 aromatic rings. The highest BCUT2D eigenvalue weighted by Gasteiger charge is 2.29. The molecule has 5 rings (SSSR count). The van der Waals surface area contributed by atoms with Crippen LogP contribution in [0.1, 0.15) is 23.0 Å². The van der Waals surface area contributed by atoms with Crippen molar-refractivity contribution in [2.45, 2.75) is 13.0 Å². The first-order chi connectivity index (χ1) is 16.6. The molecular weight excluding hydrogens is 430 g/mol. The van der Waals surface area contributed by atoms with Gasteiger partial charge < -0.3 is 9.42 Å². The van der Waals surface area contributed by atoms with Gasteiger partial charge in [-0.3, -0.25) is 15.0 Å². The lowest BCUT2D eigenvalue weighted by molar-refractivity contribution is -0.384. The van der Waals surface area contributed by atoms with Gasteiger partial charge in [0.15, 0.2) is 5.82 Å². The Morgan fingerprint density at radius 2 is 1.53 bits per heavy atom. The summed E-state index contributed by atoms with van der Waals surface area (Å²) in [6.45, 7) is 4.67. The molecule has 0 radical (unpaired) electrons. The van der Waals surface area contributed by atoms with Gasteiger partial charge in [0.25, 0.3) is 11.6 Å². The maximum Gasteiger partial charge on any atom is 0.293 e. The minimum atomic E-state index is -0.342. The first kappa shape index (κ1) is 21.8. The van der Waals surface area contributed by atoms with Crippen LogP contribution in [-0.2, 0) is 0 Å². The fraction of sp³-hybridized carbons (Fsp3) is 0.231. The highest BCUT2D eigenvalue weighted by molar-refractivity contribution is 5.71. The lowest BCUT2D eigenvalue weighted by Crippen LogP contribution is -2.48. The van der Waals surface area contributed by atoms with Gasteiger partial charge in [-0.2, -0.15) is 4.98 Å². The molecule has 0 unspecified atom stereocenters. The number of anilines is 1. The second kappa shape index (κ2) is 9.44. The van der Waals surface area contributed by atoms with Gasteiger partial charge in [-0.25, -0.2) is 0 Å². The van der Waals surface area contributed by atoms with Crippen LogP contribution in [0.3, 0.4) is 0 Å². The predicted octanol–water partition coefficient (Wildman–Crippen LogP) is 4.86. The van der Waals surface area contributed by atoms with Gasteiger partial charge >= 0.3 is 0 Å². The Morgan fingerprint density at radius 1 is 0.912 bits per heavy atom. The molecule has 3 aromatic carbocycles. The van der Waals surface area contributed by atoms with Crippen molar-refractivity contribution in [2.75, 3.05) is 31.1 Å². The van der Waals surface area contributed by atoms with Gasteiger partial charge in [-0.1, -0.05) is 65.8 Å². The highest BCUT2D eigenvalue weighted by atomic mass is 16.6. The Balaban J connectivity index is 1.38. The van der Waals surface area contributed by atoms with E-state index in [1.807, 2.05) is 12.1 Å². The maximum absolute atomic E-state index is 11.9. The number of nitro benzene ring substituents is 1. The van der Waals surface area contributed by atoms with Gasteiger partial charge in [-0.15, -0.1) is 0 Å². The Hall–Kier alpha value is -4.04. The standard InChI is InChI=1S/C26H25N5O3/c1-19-27-26(34-28-19)22-12-13-23(24(18-22)31(32)33)29-14-16-30(17-15-29)25(20-8-4-2-5-9-20)21-10-6-3-7-11-21/h2-13,18,25H,14-17H2,1H3. The lowest BCUT2D eigenvalue weighted by Gasteiger charge is -2.40. The fourth-order valence-electron chi connectivity index (χ4n) is 4.59. The molecule has 34 heavy (non-hydrogen) atoms. The molecule has 172 valence electrons. The van der Waals surface area contributed by atoms with E-state index in [4.69, 9.17) is 4.52 Å². The van der Waals surface area contributed by atoms with Crippen LogP contribution in [0, 0.1) is 17.0 Å². The Labute approximate surface area is 197 Å². The van der Waals surface area contributed by atoms with Crippen LogP contribution in [0.15, 0.2) is 83.4 Å². The van der Waals surface area contributed by atoms with E-state index in [9.17, 15) is 10.1 Å². The summed E-state index contributed by atoms with van der Waals surface area (Å²) in [4.78, 5) is 20.3. The van der Waals surface area contributed by atoms with Crippen LogP contribution in [-0.4, -0.2) is 46.1 Å². The summed E-state index contributed by atoms with van der Waals surface area (Å²) in [6, 6.07) is 26.2. The number of hydrogen-bond donors (Lipinski definition) is 0. The van der Waals surface area contributed by atoms with Crippen LogP contribution in [0.25, 0.3) is 11.5 Å². The summed E-state index contributed by atoms with van der Waals surface area (Å²) in [5, 5.41) is 15.7. The lowest BCUT2D eigenvalue weighted by atomic mass is 9.96. The second-order valence-corrected chi connectivity index (χ2v) is 8.35. The van der Waals surface area contributed by atoms with Crippen LogP contribution >= 0.6 is 0 Å². The van der Waals surface area contributed by atoms with Gasteiger partial charge in [0, 0.05) is 37.8 Å². The number of benzene rings is 3. The number of nitro groups is 1. The Kier molecular flexibility index (Phi) is 6.05. The molecule has 1 aliphatic heterocycles. The van der Waals surface area contributed by atoms with Crippen LogP contribution in [0.2, 0.25) is 0 Å². The van der Waals surface area contributed by atoms with Gasteiger partial charge in [0.05, 0.1) is 11.0 Å². The van der Waals surface area contributed by atoms with Gasteiger partial charge in [-0.05, 0) is 30.2 Å². The van der Waals surface area contributed by atoms with E-state index >= 15 is 0 Å². The maximum atomic E-state index is 11.9. The first-order valence-corrected chi connectivity index (χ1v) is 11.3. The van der Waals surface area contributed by atoms with E-state index in [-0.39, 0.29) is 22.5 Å². The number of aryl methyl sites for hydroxylation is 1. The largest absolute Gasteiger partial charge is 0.363 e. The van der Waals surface area contributed by atoms with Crippen LogP contribution in [0.5, 0.6) is 0 Å². The summed E-state index contributed by atoms with van der Waals surface area (Å²) in [5.41, 5.74) is 3.69. The minimum Gasteiger partial charge on any atom is -0.363 e. The van der Waals surface area contributed by atoms with Crippen molar-refractivity contribution in [1.29, 1.82) is 0 Å². The van der Waals surface area contributed by atoms with E-state index in [0.717, 1.165) is 13.1 Å². The topological polar surface area (TPSA) is 88.5 Å². The van der Waals surface area contributed by atoms with Crippen LogP contribution in [0.4, 0.5) is 11.4 Å². The Morgan fingerprint density at radius 3 is 2.06 bits per heavy atom. The summed E-state index contributed by atoms with van der Waals surface area (Å²) in [6.07, 6.45) is 0. The molecule has 1 aromatic heterocycles. The number of nitrogens with zero attached hydrogens (tertiary/aromatic N) is 5. The third kappa shape index (κ3) is 4.40. The quantitative estimate of drug-likeness (QED) is 0.303. The number of piperazine rings is 1. The normalized spacial score (nSPS) is 14.5. The van der Waals surface area contributed by atoms with Crippen molar-refractivity contribution in [3.05, 3.63) is 106 Å². The van der Waals surface area contributed by atoms with Crippen LogP contribution < -0.4 is 4.90 Å². The average Bonchev–Trinajstić information content (AvgIpc) is 3.32. The minimum absolute atomic E-state index is 0.0458. The van der Waals surface area contributed by atoms with E-state index in [2.05, 4.69) is 68.5 Å². The van der Waals surface area contributed by atoms with E-state index in [1.54, 1.807) is 19.1 Å². The average molecular weight is 456 g/mol. The second-order valence-electron chi connectivity index (χ2n) is 8.35. The SMILES string of the molecule is Cc1noc(-c2ccc(N3CCN(C(c4ccccc4)c4ccccc4)CC3)c([N+](=O)[O-])c2)n1. The van der Waals surface area contributed by atoms with E-state index < -0.39 is 0 Å². The molecule has 0 amide bonds. The van der Waals surface area contributed by atoms with Crippen molar-refractivity contribution in [1.82, 2.24) is 15.0 Å². The molecule has 0 atom stereocenters. The predicted molar refractivity (Wildman–Crippen MR) is 130 cm³/mol. The zero-order valence-corrected chi connectivity index (χ0v) is 18.9. The molecule has 0 spiro atoms. The summed E-state index contributed by atoms with van der Waals surface area (Å²) < 4.78 is 5.19. The summed E-state index contributed by atoms with van der Waals surface area (Å²) in [7, 11) is 0. The summed E-state index contributed by atoms with van der Waals surface area (Å²) in [5.74, 6) is 0.773. The molecule has 8 nitrogen and oxygen atoms in total. The zero-order valence-electron chi connectivity index (χ0n) is 18.9. The molecule has 1 aliphatic rings. The number of rotatable bonds is 6. The third-order valence-corrected chi connectivity index (χ3v) is 6.20. The molecule has 1 fully saturated rings. The molecule has 0 N–H and O–H groups in total. The molecule has 1 saturated heterocycles. The first-order valence-electron chi connectivity index (χ1n) is 11.3. The monoisotopic (exact) mass is 455 g/mol. The van der Waals surface area contributed by atoms with Crippen molar-refractivity contribution < 1.29 is 9.45 Å². The molecule has 0 saturated carbocycles. The highest BCUT2D eigenvalue weighted by Crippen LogP contribution is 2.35. The molecule has 8 heteroatoms. The smallest absolute Gasteiger partial charge is 0.293 e. The van der Waals surface area contributed by atoms with E-state index in [1.165, 1.54) is 17.2 Å². The zero-order chi connectivity index (χ0) is 23.5. The van der Waals surface area contributed by atoms with Crippen molar-refractivity contribution in [3.8, 4) is 11.5 Å². The molecule has 2 heterocycles. The fourth-order valence-corrected chi connectivity index (χ4v) is 4.59. The molecule has 0 bridgehead atoms. The van der Waals surface area contributed by atoms with Crippen molar-refractivity contribution >= 4 is 11.4 Å². The number of aromatic nitrogens is 2. The molecule has 0 aliphatic carbocycles. The van der Waals surface area contributed by atoms with E-state index in [0.29, 0.717) is 30.2 Å².